The summed E-state index contributed by atoms with van der Waals surface area (Å²) in [7, 11) is 0. The van der Waals surface area contributed by atoms with Crippen molar-refractivity contribution in [2.24, 2.45) is 0 Å². The van der Waals surface area contributed by atoms with E-state index in [9.17, 15) is 0 Å². The van der Waals surface area contributed by atoms with Gasteiger partial charge in [0.2, 0.25) is 0 Å². The van der Waals surface area contributed by atoms with Crippen LogP contribution in [0.1, 0.15) is 0 Å². The Morgan fingerprint density at radius 2 is 0.463 bits per heavy atom. The van der Waals surface area contributed by atoms with Gasteiger partial charge in [-0.1, -0.05) is 437 Å². The molecule has 684 valence electrons. The molecule has 0 amide bonds. The molecule has 0 aliphatic rings. The van der Waals surface area contributed by atoms with E-state index >= 15 is 0 Å². The van der Waals surface area contributed by atoms with Gasteiger partial charge in [-0.05, 0) is 282 Å². The minimum absolute atomic E-state index is 0.654. The Morgan fingerprint density at radius 3 is 0.925 bits per heavy atom. The monoisotopic (exact) mass is 1870 g/mol. The molecule has 0 spiro atoms. The Kier molecular flexibility index (Phi) is 21.8. The average Bonchev–Trinajstić information content (AvgIpc) is 1.41. The van der Waals surface area contributed by atoms with Crippen LogP contribution < -0.4 is 0 Å². The molecule has 4 aromatic heterocycles. The standard InChI is InChI=1S/C53H34N2.C48H30N2.C39H25N3/c1-2-16-44(17-3-1)55-50-21-11-10-20-49(50)54-53(55)38-26-22-37(23-27-38)41-30-31-47-48(34-41)52(43-29-25-36-13-5-7-15-40(36)33-43)46-19-9-8-18-45(46)51(47)42-28-24-35-12-4-6-14-39(35)32-42;1-3-11-33-25-37(19-17-31(33)9-1)47-41-14-6-7-15-42(41)48(38-20-18-32-10-2-4-12-34(32)26-38)44-28-35(21-23-43(44)47)39-22-24-46(49-29-39)40-27-36-13-5-8-16-45(36)50-30-40;1-3-11-31-24-33(22-16-26(31)8-1)38-40-37(41-39(42-38)34-23-17-27-9-2-4-12-32(27)25-34)30-20-18-29(19-21-30)36-15-7-13-28-10-5-6-14-35(28)36/h1-34H;1-30H;1-25H. The zero-order valence-electron chi connectivity index (χ0n) is 80.0. The summed E-state index contributed by atoms with van der Waals surface area (Å²) in [5, 5.41) is 28.2. The highest BCUT2D eigenvalue weighted by atomic mass is 15.1. The second kappa shape index (κ2) is 37.1. The van der Waals surface area contributed by atoms with Crippen molar-refractivity contribution in [1.82, 2.24) is 34.5 Å². The van der Waals surface area contributed by atoms with Gasteiger partial charge in [-0.2, -0.15) is 0 Å². The number of pyridine rings is 2. The molecule has 7 heteroatoms. The molecule has 0 saturated heterocycles. The predicted molar refractivity (Wildman–Crippen MR) is 618 cm³/mol. The zero-order chi connectivity index (χ0) is 97.2. The first-order valence-electron chi connectivity index (χ1n) is 50.0. The number of hydrogen-bond acceptors (Lipinski definition) is 6. The summed E-state index contributed by atoms with van der Waals surface area (Å²) < 4.78 is 2.26. The second-order valence-corrected chi connectivity index (χ2v) is 37.9. The molecule has 0 bridgehead atoms. The van der Waals surface area contributed by atoms with Gasteiger partial charge in [0.1, 0.15) is 5.82 Å². The summed E-state index contributed by atoms with van der Waals surface area (Å²) in [5.41, 5.74) is 26.9. The summed E-state index contributed by atoms with van der Waals surface area (Å²) in [6, 6.07) is 189. The minimum atomic E-state index is 0.654. The number of rotatable bonds is 13. The second-order valence-electron chi connectivity index (χ2n) is 37.9. The van der Waals surface area contributed by atoms with Crippen molar-refractivity contribution >= 4 is 140 Å². The number of hydrogen-bond donors (Lipinski definition) is 0. The molecule has 0 unspecified atom stereocenters. The number of fused-ring (bicyclic) bond motifs is 13. The Morgan fingerprint density at radius 1 is 0.150 bits per heavy atom. The predicted octanol–water partition coefficient (Wildman–Crippen LogP) is 37.2. The van der Waals surface area contributed by atoms with Gasteiger partial charge in [0.05, 0.1) is 22.2 Å². The van der Waals surface area contributed by atoms with Crippen LogP contribution in [-0.2, 0) is 0 Å². The molecule has 7 nitrogen and oxygen atoms in total. The van der Waals surface area contributed by atoms with Gasteiger partial charge < -0.3 is 0 Å². The number of aromatic nitrogens is 7. The van der Waals surface area contributed by atoms with E-state index in [1.54, 1.807) is 0 Å². The molecule has 0 fully saturated rings. The lowest BCUT2D eigenvalue weighted by Gasteiger charge is -2.19. The molecular formula is C140H89N7. The highest BCUT2D eigenvalue weighted by molar-refractivity contribution is 6.25. The van der Waals surface area contributed by atoms with Crippen molar-refractivity contribution < 1.29 is 0 Å². The lowest BCUT2D eigenvalue weighted by Crippen LogP contribution is -2.00. The van der Waals surface area contributed by atoms with Gasteiger partial charge in [0.25, 0.3) is 0 Å². The highest BCUT2D eigenvalue weighted by Crippen LogP contribution is 2.50. The third kappa shape index (κ3) is 16.3. The van der Waals surface area contributed by atoms with E-state index in [1.165, 1.54) is 163 Å². The molecule has 29 aromatic rings. The van der Waals surface area contributed by atoms with Gasteiger partial charge in [0.15, 0.2) is 17.5 Å². The van der Waals surface area contributed by atoms with Crippen LogP contribution >= 0.6 is 0 Å². The molecular weight excluding hydrogens is 1780 g/mol. The Balaban J connectivity index is 0.000000110. The van der Waals surface area contributed by atoms with Gasteiger partial charge in [-0.15, -0.1) is 0 Å². The van der Waals surface area contributed by atoms with Crippen molar-refractivity contribution in [3.05, 3.63) is 540 Å². The minimum Gasteiger partial charge on any atom is -0.292 e. The fourth-order valence-electron chi connectivity index (χ4n) is 21.9. The van der Waals surface area contributed by atoms with Gasteiger partial charge >= 0.3 is 0 Å². The summed E-state index contributed by atoms with van der Waals surface area (Å²) in [6.07, 6.45) is 3.91. The largest absolute Gasteiger partial charge is 0.292 e. The van der Waals surface area contributed by atoms with Crippen LogP contribution in [0.15, 0.2) is 540 Å². The maximum absolute atomic E-state index is 5.12. The van der Waals surface area contributed by atoms with Crippen molar-refractivity contribution in [2.75, 3.05) is 0 Å². The zero-order valence-corrected chi connectivity index (χ0v) is 80.0. The number of nitrogens with zero attached hydrogens (tertiary/aromatic N) is 7. The van der Waals surface area contributed by atoms with E-state index in [2.05, 4.69) is 519 Å². The molecule has 0 radical (unpaired) electrons. The first-order chi connectivity index (χ1) is 72.8. The molecule has 0 saturated carbocycles. The molecule has 25 aromatic carbocycles. The van der Waals surface area contributed by atoms with Gasteiger partial charge in [-0.3, -0.25) is 14.5 Å². The van der Waals surface area contributed by atoms with Crippen LogP contribution in [0.4, 0.5) is 0 Å². The van der Waals surface area contributed by atoms with E-state index in [0.717, 1.165) is 100.0 Å². The van der Waals surface area contributed by atoms with Gasteiger partial charge in [-0.25, -0.2) is 19.9 Å². The van der Waals surface area contributed by atoms with E-state index in [0.29, 0.717) is 17.5 Å². The average molecular weight is 1870 g/mol. The van der Waals surface area contributed by atoms with E-state index in [-0.39, 0.29) is 0 Å². The number of imidazole rings is 1. The molecule has 147 heavy (non-hydrogen) atoms. The van der Waals surface area contributed by atoms with E-state index < -0.39 is 0 Å². The van der Waals surface area contributed by atoms with Crippen molar-refractivity contribution in [3.8, 4) is 140 Å². The lowest BCUT2D eigenvalue weighted by atomic mass is 9.84. The molecule has 0 aliphatic carbocycles. The summed E-state index contributed by atoms with van der Waals surface area (Å²) in [6.45, 7) is 0. The number of benzene rings is 25. The third-order valence-electron chi connectivity index (χ3n) is 29.1. The Hall–Kier alpha value is -19.6. The topological polar surface area (TPSA) is 82.3 Å². The van der Waals surface area contributed by atoms with Crippen molar-refractivity contribution in [1.29, 1.82) is 0 Å². The molecule has 0 aliphatic heterocycles. The maximum Gasteiger partial charge on any atom is 0.164 e. The summed E-state index contributed by atoms with van der Waals surface area (Å²) in [4.78, 5) is 29.7. The summed E-state index contributed by atoms with van der Waals surface area (Å²) >= 11 is 0. The van der Waals surface area contributed by atoms with Crippen LogP contribution in [0.5, 0.6) is 0 Å². The van der Waals surface area contributed by atoms with E-state index in [1.807, 2.05) is 30.6 Å². The SMILES string of the molecule is c1ccc(-n2c(-c3ccc(-c4ccc5c(-c6ccc7ccccc7c6)c6ccccc6c(-c6ccc7ccccc7c6)c5c4)cc3)nc3ccccc32)cc1.c1ccc2cc(-c3c4ccccc4c(-c4ccc5ccccc5c4)c4cc(-c5ccc(-c6cnc7ccccc7c6)nc5)ccc34)ccc2c1.c1ccc2cc(-c3nc(-c4ccc(-c5cccc6ccccc56)cc4)nc(-c4ccc5ccccc5c4)n3)ccc2c1. The fourth-order valence-corrected chi connectivity index (χ4v) is 21.9. The van der Waals surface area contributed by atoms with Gasteiger partial charge in [0, 0.05) is 56.8 Å². The third-order valence-corrected chi connectivity index (χ3v) is 29.1. The Labute approximate surface area is 849 Å². The van der Waals surface area contributed by atoms with Crippen molar-refractivity contribution in [3.63, 3.8) is 0 Å². The van der Waals surface area contributed by atoms with Crippen LogP contribution in [0, 0.1) is 0 Å². The Bertz CT molecular complexity index is 10200. The van der Waals surface area contributed by atoms with Crippen LogP contribution in [0.3, 0.4) is 0 Å². The molecule has 4 heterocycles. The maximum atomic E-state index is 5.12. The van der Waals surface area contributed by atoms with Crippen molar-refractivity contribution in [2.45, 2.75) is 0 Å². The van der Waals surface area contributed by atoms with Crippen LogP contribution in [0.25, 0.3) is 281 Å². The molecule has 29 rings (SSSR count). The van der Waals surface area contributed by atoms with Crippen LogP contribution in [-0.4, -0.2) is 34.5 Å². The normalized spacial score (nSPS) is 11.5. The first kappa shape index (κ1) is 86.5. The fraction of sp³-hybridized carbons (Fsp3) is 0. The number of para-hydroxylation sites is 4. The van der Waals surface area contributed by atoms with Crippen LogP contribution in [0.2, 0.25) is 0 Å². The smallest absolute Gasteiger partial charge is 0.164 e. The quantitative estimate of drug-likeness (QED) is 0.107. The first-order valence-corrected chi connectivity index (χ1v) is 50.0. The summed E-state index contributed by atoms with van der Waals surface area (Å²) in [5.74, 6) is 2.91. The lowest BCUT2D eigenvalue weighted by molar-refractivity contribution is 1.08. The highest BCUT2D eigenvalue weighted by Gasteiger charge is 2.25. The molecule has 0 N–H and O–H groups in total. The van der Waals surface area contributed by atoms with E-state index in [4.69, 9.17) is 24.9 Å². The molecule has 0 atom stereocenters.